The predicted molar refractivity (Wildman–Crippen MR) is 51.3 cm³/mol. The minimum Gasteiger partial charge on any atom is -0.465 e. The fraction of sp³-hybridized carbons (Fsp3) is 0.714. The van der Waals surface area contributed by atoms with Gasteiger partial charge in [0.2, 0.25) is 0 Å². The molecule has 1 fully saturated rings. The van der Waals surface area contributed by atoms with Crippen LogP contribution in [0.3, 0.4) is 0 Å². The summed E-state index contributed by atoms with van der Waals surface area (Å²) in [6.07, 6.45) is -0.957. The van der Waals surface area contributed by atoms with Gasteiger partial charge in [0.15, 0.2) is 0 Å². The van der Waals surface area contributed by atoms with Crippen LogP contribution in [0.5, 0.6) is 0 Å². The van der Waals surface area contributed by atoms with Gasteiger partial charge in [-0.15, -0.1) is 0 Å². The Morgan fingerprint density at radius 3 is 2.29 bits per heavy atom. The van der Waals surface area contributed by atoms with Gasteiger partial charge in [0.1, 0.15) is 5.54 Å². The maximum Gasteiger partial charge on any atom is 0.405 e. The maximum atomic E-state index is 10.4. The molecule has 0 aliphatic carbocycles. The lowest BCUT2D eigenvalue weighted by molar-refractivity contribution is 0.182. The van der Waals surface area contributed by atoms with Gasteiger partial charge >= 0.3 is 6.09 Å². The summed E-state index contributed by atoms with van der Waals surface area (Å²) in [5.41, 5.74) is -1.15. The van der Waals surface area contributed by atoms with Crippen molar-refractivity contribution >= 4 is 16.7 Å². The molecule has 0 spiro atoms. The number of amides is 1. The maximum absolute atomic E-state index is 10.4. The number of nitrogens with zero attached hydrogens (tertiary/aromatic N) is 1. The molecule has 4 N–H and O–H groups in total. The van der Waals surface area contributed by atoms with Gasteiger partial charge in [0.05, 0.1) is 6.07 Å². The molecule has 0 aromatic carbocycles. The summed E-state index contributed by atoms with van der Waals surface area (Å²) in [5, 5.41) is 19.5. The molecule has 6 nitrogen and oxygen atoms in total. The molecular formula is C7H12N2O4S. The van der Waals surface area contributed by atoms with E-state index in [1.54, 1.807) is 0 Å². The van der Waals surface area contributed by atoms with Crippen molar-refractivity contribution in [2.24, 2.45) is 0 Å². The van der Waals surface area contributed by atoms with Crippen molar-refractivity contribution in [2.75, 3.05) is 11.5 Å². The molecule has 80 valence electrons. The Morgan fingerprint density at radius 1 is 1.43 bits per heavy atom. The van der Waals surface area contributed by atoms with Crippen molar-refractivity contribution in [3.63, 3.8) is 0 Å². The SMILES string of the molecule is N#CC1(NC(=O)O)CCS(O)(O)CC1. The normalized spacial score (nSPS) is 25.8. The van der Waals surface area contributed by atoms with E-state index < -0.39 is 22.2 Å². The third-order valence-corrected chi connectivity index (χ3v) is 3.99. The van der Waals surface area contributed by atoms with Gasteiger partial charge in [-0.2, -0.15) is 15.9 Å². The zero-order chi connectivity index (χ0) is 10.8. The summed E-state index contributed by atoms with van der Waals surface area (Å²) in [6, 6.07) is 1.89. The molecule has 0 atom stereocenters. The standard InChI is InChI=1S/C7H12N2O4S/c8-5-7(9-6(10)11)1-3-14(12,13)4-2-7/h9,12-13H,1-4H2,(H,10,11). The molecule has 1 saturated heterocycles. The molecule has 0 radical (unpaired) electrons. The summed E-state index contributed by atoms with van der Waals surface area (Å²) in [6.45, 7) is 0. The Hall–Kier alpha value is -0.970. The van der Waals surface area contributed by atoms with Gasteiger partial charge in [0, 0.05) is 24.3 Å². The smallest absolute Gasteiger partial charge is 0.405 e. The lowest BCUT2D eigenvalue weighted by Crippen LogP contribution is -2.50. The monoisotopic (exact) mass is 220 g/mol. The van der Waals surface area contributed by atoms with E-state index in [1.165, 1.54) is 0 Å². The van der Waals surface area contributed by atoms with Crippen molar-refractivity contribution in [3.8, 4) is 6.07 Å². The van der Waals surface area contributed by atoms with Gasteiger partial charge < -0.3 is 10.4 Å². The van der Waals surface area contributed by atoms with Crippen molar-refractivity contribution in [1.82, 2.24) is 5.32 Å². The molecule has 1 rings (SSSR count). The molecule has 0 unspecified atom stereocenters. The fourth-order valence-electron chi connectivity index (χ4n) is 1.37. The Kier molecular flexibility index (Phi) is 2.89. The number of carboxylic acid groups (broad SMARTS) is 1. The topological polar surface area (TPSA) is 114 Å². The molecule has 1 aliphatic heterocycles. The molecular weight excluding hydrogens is 208 g/mol. The first-order valence-corrected chi connectivity index (χ1v) is 5.94. The Labute approximate surface area is 82.9 Å². The highest BCUT2D eigenvalue weighted by molar-refractivity contribution is 8.24. The second kappa shape index (κ2) is 3.65. The Balaban J connectivity index is 2.67. The average molecular weight is 220 g/mol. The van der Waals surface area contributed by atoms with Crippen LogP contribution in [-0.4, -0.2) is 37.3 Å². The van der Waals surface area contributed by atoms with Crippen molar-refractivity contribution in [3.05, 3.63) is 0 Å². The molecule has 0 saturated carbocycles. The summed E-state index contributed by atoms with van der Waals surface area (Å²) >= 11 is 0. The van der Waals surface area contributed by atoms with E-state index in [0.29, 0.717) is 0 Å². The lowest BCUT2D eigenvalue weighted by atomic mass is 9.94. The van der Waals surface area contributed by atoms with Crippen LogP contribution in [0.25, 0.3) is 0 Å². The van der Waals surface area contributed by atoms with Crippen molar-refractivity contribution in [1.29, 1.82) is 5.26 Å². The predicted octanol–water partition coefficient (Wildman–Crippen LogP) is 1.06. The summed E-state index contributed by atoms with van der Waals surface area (Å²) in [4.78, 5) is 10.4. The van der Waals surface area contributed by atoms with E-state index >= 15 is 0 Å². The van der Waals surface area contributed by atoms with E-state index in [4.69, 9.17) is 10.4 Å². The van der Waals surface area contributed by atoms with E-state index in [2.05, 4.69) is 5.32 Å². The number of nitriles is 1. The highest BCUT2D eigenvalue weighted by atomic mass is 32.3. The minimum atomic E-state index is -2.58. The van der Waals surface area contributed by atoms with E-state index in [-0.39, 0.29) is 24.3 Å². The van der Waals surface area contributed by atoms with Gasteiger partial charge in [-0.25, -0.2) is 4.79 Å². The number of nitrogens with one attached hydrogen (secondary N) is 1. The molecule has 0 bridgehead atoms. The van der Waals surface area contributed by atoms with Crippen molar-refractivity contribution < 1.29 is 19.0 Å². The fourth-order valence-corrected chi connectivity index (χ4v) is 2.93. The molecule has 0 aromatic heterocycles. The molecule has 14 heavy (non-hydrogen) atoms. The third kappa shape index (κ3) is 2.51. The van der Waals surface area contributed by atoms with Crippen LogP contribution in [0.15, 0.2) is 0 Å². The van der Waals surface area contributed by atoms with Crippen LogP contribution in [0.4, 0.5) is 4.79 Å². The first-order chi connectivity index (χ1) is 6.39. The van der Waals surface area contributed by atoms with E-state index in [9.17, 15) is 13.9 Å². The molecule has 7 heteroatoms. The zero-order valence-corrected chi connectivity index (χ0v) is 8.25. The van der Waals surface area contributed by atoms with Gasteiger partial charge in [-0.05, 0) is 0 Å². The Morgan fingerprint density at radius 2 is 1.93 bits per heavy atom. The quantitative estimate of drug-likeness (QED) is 0.527. The third-order valence-electron chi connectivity index (χ3n) is 2.27. The Bertz CT molecular complexity index is 276. The lowest BCUT2D eigenvalue weighted by Gasteiger charge is -2.42. The number of rotatable bonds is 1. The highest BCUT2D eigenvalue weighted by Gasteiger charge is 2.38. The van der Waals surface area contributed by atoms with E-state index in [1.807, 2.05) is 6.07 Å². The summed E-state index contributed by atoms with van der Waals surface area (Å²) in [7, 11) is -2.58. The van der Waals surface area contributed by atoms with Crippen LogP contribution in [0.2, 0.25) is 0 Å². The van der Waals surface area contributed by atoms with Gasteiger partial charge in [-0.3, -0.25) is 9.11 Å². The largest absolute Gasteiger partial charge is 0.465 e. The van der Waals surface area contributed by atoms with Crippen LogP contribution in [0.1, 0.15) is 12.8 Å². The summed E-state index contributed by atoms with van der Waals surface area (Å²) in [5.74, 6) is 0.168. The van der Waals surface area contributed by atoms with Crippen LogP contribution >= 0.6 is 10.6 Å². The first-order valence-electron chi connectivity index (χ1n) is 4.05. The average Bonchev–Trinajstić information content (AvgIpc) is 2.09. The van der Waals surface area contributed by atoms with Crippen LogP contribution in [0, 0.1) is 11.3 Å². The number of hydrogen-bond donors (Lipinski definition) is 4. The number of hydrogen-bond acceptors (Lipinski definition) is 4. The molecule has 1 aliphatic rings. The second-order valence-corrected chi connectivity index (χ2v) is 5.76. The molecule has 0 aromatic rings. The molecule has 1 amide bonds. The summed E-state index contributed by atoms with van der Waals surface area (Å²) < 4.78 is 18.6. The number of carbonyl (C=O) groups is 1. The van der Waals surface area contributed by atoms with Crippen LogP contribution < -0.4 is 5.32 Å². The van der Waals surface area contributed by atoms with Gasteiger partial charge in [0.25, 0.3) is 0 Å². The van der Waals surface area contributed by atoms with Crippen molar-refractivity contribution in [2.45, 2.75) is 18.4 Å². The van der Waals surface area contributed by atoms with Gasteiger partial charge in [-0.1, -0.05) is 0 Å². The first kappa shape index (κ1) is 11.1. The minimum absolute atomic E-state index is 0.0842. The zero-order valence-electron chi connectivity index (χ0n) is 7.43. The van der Waals surface area contributed by atoms with E-state index in [0.717, 1.165) is 0 Å². The molecule has 1 heterocycles. The highest BCUT2D eigenvalue weighted by Crippen LogP contribution is 2.46. The van der Waals surface area contributed by atoms with Crippen LogP contribution in [-0.2, 0) is 0 Å². The second-order valence-electron chi connectivity index (χ2n) is 3.33.